The van der Waals surface area contributed by atoms with Crippen molar-refractivity contribution in [3.05, 3.63) is 35.4 Å². The lowest BCUT2D eigenvalue weighted by atomic mass is 10.1. The number of nitrogens with zero attached hydrogens (tertiary/aromatic N) is 2. The molecular weight excluding hydrogens is 281 g/mol. The van der Waals surface area contributed by atoms with Gasteiger partial charge in [0.25, 0.3) is 0 Å². The molecule has 1 atom stereocenters. The van der Waals surface area contributed by atoms with Gasteiger partial charge in [-0.05, 0) is 24.6 Å². The van der Waals surface area contributed by atoms with Crippen LogP contribution in [0.4, 0.5) is 9.52 Å². The molecule has 108 valence electrons. The van der Waals surface area contributed by atoms with Crippen LogP contribution in [0.3, 0.4) is 0 Å². The Hall–Kier alpha value is -1.73. The maximum absolute atomic E-state index is 13.7. The molecule has 0 aliphatic carbocycles. The molecule has 0 aliphatic rings. The number of ether oxygens (including phenoxy) is 2. The standard InChI is InChI=1S/C13H16FN3O2S/c1-8(9-4-5-11(19-3)10(14)6-9)15-13-16-12(7-18-2)17-20-13/h4-6,8H,7H2,1-3H3,(H,15,16,17). The number of anilines is 1. The van der Waals surface area contributed by atoms with Crippen LogP contribution in [0.15, 0.2) is 18.2 Å². The lowest BCUT2D eigenvalue weighted by molar-refractivity contribution is 0.179. The molecule has 0 fully saturated rings. The second kappa shape index (κ2) is 6.62. The lowest BCUT2D eigenvalue weighted by Crippen LogP contribution is -2.07. The second-order valence-corrected chi connectivity index (χ2v) is 4.96. The van der Waals surface area contributed by atoms with Crippen LogP contribution in [-0.2, 0) is 11.3 Å². The van der Waals surface area contributed by atoms with Crippen molar-refractivity contribution in [1.29, 1.82) is 0 Å². The summed E-state index contributed by atoms with van der Waals surface area (Å²) in [6.07, 6.45) is 0. The molecule has 1 aromatic heterocycles. The Kier molecular flexibility index (Phi) is 4.86. The molecule has 0 saturated carbocycles. The molecule has 2 aromatic rings. The monoisotopic (exact) mass is 297 g/mol. The van der Waals surface area contributed by atoms with E-state index in [0.29, 0.717) is 17.6 Å². The van der Waals surface area contributed by atoms with Gasteiger partial charge in [-0.1, -0.05) is 6.07 Å². The van der Waals surface area contributed by atoms with E-state index in [2.05, 4.69) is 14.7 Å². The average Bonchev–Trinajstić information content (AvgIpc) is 2.86. The summed E-state index contributed by atoms with van der Waals surface area (Å²) in [5, 5.41) is 3.86. The Labute approximate surface area is 120 Å². The Morgan fingerprint density at radius 3 is 2.85 bits per heavy atom. The van der Waals surface area contributed by atoms with E-state index in [9.17, 15) is 4.39 Å². The molecule has 0 spiro atoms. The van der Waals surface area contributed by atoms with Gasteiger partial charge in [0.15, 0.2) is 17.4 Å². The maximum atomic E-state index is 13.7. The SMILES string of the molecule is COCc1nsc(NC(C)c2ccc(OC)c(F)c2)n1. The van der Waals surface area contributed by atoms with Crippen LogP contribution >= 0.6 is 11.5 Å². The predicted octanol–water partition coefficient (Wildman–Crippen LogP) is 3.01. The van der Waals surface area contributed by atoms with E-state index >= 15 is 0 Å². The highest BCUT2D eigenvalue weighted by atomic mass is 32.1. The molecule has 1 N–H and O–H groups in total. The summed E-state index contributed by atoms with van der Waals surface area (Å²) in [5.41, 5.74) is 0.812. The van der Waals surface area contributed by atoms with E-state index in [0.717, 1.165) is 5.56 Å². The number of methoxy groups -OCH3 is 2. The fraction of sp³-hybridized carbons (Fsp3) is 0.385. The number of halogens is 1. The van der Waals surface area contributed by atoms with E-state index in [1.54, 1.807) is 13.2 Å². The van der Waals surface area contributed by atoms with Crippen LogP contribution in [-0.4, -0.2) is 23.6 Å². The molecule has 1 unspecified atom stereocenters. The largest absolute Gasteiger partial charge is 0.494 e. The fourth-order valence-electron chi connectivity index (χ4n) is 1.72. The summed E-state index contributed by atoms with van der Waals surface area (Å²) in [6.45, 7) is 2.31. The zero-order valence-corrected chi connectivity index (χ0v) is 12.3. The van der Waals surface area contributed by atoms with E-state index < -0.39 is 0 Å². The van der Waals surface area contributed by atoms with E-state index in [4.69, 9.17) is 9.47 Å². The molecule has 0 amide bonds. The zero-order chi connectivity index (χ0) is 14.5. The number of aromatic nitrogens is 2. The molecule has 7 heteroatoms. The minimum Gasteiger partial charge on any atom is -0.494 e. The van der Waals surface area contributed by atoms with Gasteiger partial charge in [-0.15, -0.1) is 0 Å². The third-order valence-corrected chi connectivity index (χ3v) is 3.44. The summed E-state index contributed by atoms with van der Waals surface area (Å²) < 4.78 is 27.7. The van der Waals surface area contributed by atoms with Crippen LogP contribution in [0.25, 0.3) is 0 Å². The van der Waals surface area contributed by atoms with Gasteiger partial charge in [-0.25, -0.2) is 9.37 Å². The van der Waals surface area contributed by atoms with Gasteiger partial charge in [-0.3, -0.25) is 0 Å². The Morgan fingerprint density at radius 1 is 1.40 bits per heavy atom. The number of hydrogen-bond acceptors (Lipinski definition) is 6. The first-order valence-corrected chi connectivity index (χ1v) is 6.83. The van der Waals surface area contributed by atoms with Gasteiger partial charge in [0.1, 0.15) is 6.61 Å². The van der Waals surface area contributed by atoms with Gasteiger partial charge >= 0.3 is 0 Å². The molecule has 1 aromatic carbocycles. The van der Waals surface area contributed by atoms with Crippen molar-refractivity contribution in [3.8, 4) is 5.75 Å². The number of hydrogen-bond donors (Lipinski definition) is 1. The van der Waals surface area contributed by atoms with Crippen molar-refractivity contribution >= 4 is 16.7 Å². The van der Waals surface area contributed by atoms with Crippen LogP contribution < -0.4 is 10.1 Å². The molecule has 20 heavy (non-hydrogen) atoms. The van der Waals surface area contributed by atoms with Crippen LogP contribution in [0, 0.1) is 5.82 Å². The van der Waals surface area contributed by atoms with Gasteiger partial charge in [0.2, 0.25) is 5.13 Å². The van der Waals surface area contributed by atoms with Crippen LogP contribution in [0.5, 0.6) is 5.75 Å². The maximum Gasteiger partial charge on any atom is 0.203 e. The van der Waals surface area contributed by atoms with Crippen molar-refractivity contribution in [2.24, 2.45) is 0 Å². The quantitative estimate of drug-likeness (QED) is 0.888. The van der Waals surface area contributed by atoms with Crippen molar-refractivity contribution in [2.75, 3.05) is 19.5 Å². The number of benzene rings is 1. The molecule has 1 heterocycles. The Bertz CT molecular complexity index is 576. The summed E-state index contributed by atoms with van der Waals surface area (Å²) in [5.74, 6) is 0.489. The van der Waals surface area contributed by atoms with Crippen molar-refractivity contribution in [2.45, 2.75) is 19.6 Å². The highest BCUT2D eigenvalue weighted by Crippen LogP contribution is 2.25. The summed E-state index contributed by atoms with van der Waals surface area (Å²) >= 11 is 1.25. The molecule has 2 rings (SSSR count). The number of rotatable bonds is 6. The molecule has 0 saturated heterocycles. The minimum absolute atomic E-state index is 0.0845. The first-order valence-electron chi connectivity index (χ1n) is 6.05. The summed E-state index contributed by atoms with van der Waals surface area (Å²) in [4.78, 5) is 4.27. The van der Waals surface area contributed by atoms with Crippen LogP contribution in [0.1, 0.15) is 24.4 Å². The Balaban J connectivity index is 2.06. The van der Waals surface area contributed by atoms with E-state index in [1.165, 1.54) is 24.7 Å². The van der Waals surface area contributed by atoms with Gasteiger partial charge in [-0.2, -0.15) is 4.37 Å². The zero-order valence-electron chi connectivity index (χ0n) is 11.5. The first kappa shape index (κ1) is 14.7. The third kappa shape index (κ3) is 3.43. The van der Waals surface area contributed by atoms with Gasteiger partial charge in [0, 0.05) is 18.6 Å². The molecule has 0 aliphatic heterocycles. The highest BCUT2D eigenvalue weighted by molar-refractivity contribution is 7.09. The number of nitrogens with one attached hydrogen (secondary N) is 1. The molecule has 0 radical (unpaired) electrons. The Morgan fingerprint density at radius 2 is 2.20 bits per heavy atom. The lowest BCUT2D eigenvalue weighted by Gasteiger charge is -2.13. The van der Waals surface area contributed by atoms with Crippen molar-refractivity contribution < 1.29 is 13.9 Å². The normalized spacial score (nSPS) is 12.2. The smallest absolute Gasteiger partial charge is 0.203 e. The van der Waals surface area contributed by atoms with Crippen LogP contribution in [0.2, 0.25) is 0 Å². The van der Waals surface area contributed by atoms with Crippen molar-refractivity contribution in [1.82, 2.24) is 9.36 Å². The molecule has 5 nitrogen and oxygen atoms in total. The highest BCUT2D eigenvalue weighted by Gasteiger charge is 2.12. The fourth-order valence-corrected chi connectivity index (χ4v) is 2.38. The predicted molar refractivity (Wildman–Crippen MR) is 75.6 cm³/mol. The van der Waals surface area contributed by atoms with Gasteiger partial charge < -0.3 is 14.8 Å². The third-order valence-electron chi connectivity index (χ3n) is 2.76. The van der Waals surface area contributed by atoms with E-state index in [1.807, 2.05) is 13.0 Å². The first-order chi connectivity index (χ1) is 9.63. The van der Waals surface area contributed by atoms with Crippen molar-refractivity contribution in [3.63, 3.8) is 0 Å². The van der Waals surface area contributed by atoms with E-state index in [-0.39, 0.29) is 17.6 Å². The topological polar surface area (TPSA) is 56.3 Å². The summed E-state index contributed by atoms with van der Waals surface area (Å²) in [6, 6.07) is 4.79. The minimum atomic E-state index is -0.379. The average molecular weight is 297 g/mol. The summed E-state index contributed by atoms with van der Waals surface area (Å²) in [7, 11) is 3.04. The molecule has 0 bridgehead atoms. The second-order valence-electron chi connectivity index (χ2n) is 4.21. The molecular formula is C13H16FN3O2S. The van der Waals surface area contributed by atoms with Gasteiger partial charge in [0.05, 0.1) is 13.2 Å².